The molecule has 0 aliphatic heterocycles. The molecule has 500 valence electrons. The number of Topliss-reactive ketones (excluding diaryl/α,β-unsaturated/α-hetero) is 2. The Labute approximate surface area is 524 Å². The summed E-state index contributed by atoms with van der Waals surface area (Å²) in [5, 5.41) is 51.0. The van der Waals surface area contributed by atoms with E-state index in [1.165, 1.54) is 79.8 Å². The number of carboxylic acid groups (broad SMARTS) is 1. The lowest BCUT2D eigenvalue weighted by atomic mass is 9.81. The Morgan fingerprint density at radius 3 is 1.14 bits per heavy atom. The minimum absolute atomic E-state index is 0.00618. The molecule has 16 nitrogen and oxygen atoms in total. The highest BCUT2D eigenvalue weighted by molar-refractivity contribution is 6.08. The number of ketones is 2. The fraction of sp³-hybridized carbons (Fsp3) is 0.333. The van der Waals surface area contributed by atoms with Crippen LogP contribution in [0.2, 0.25) is 0 Å². The first-order valence-corrected chi connectivity index (χ1v) is 27.8. The monoisotopic (exact) mass is 1330 g/mol. The smallest absolute Gasteiger partial charge is 0.421 e. The molecule has 8 aromatic rings. The second-order valence-corrected chi connectivity index (χ2v) is 23.3. The van der Waals surface area contributed by atoms with Crippen LogP contribution in [0.25, 0.3) is 49.5 Å². The van der Waals surface area contributed by atoms with E-state index < -0.39 is 127 Å². The summed E-state index contributed by atoms with van der Waals surface area (Å²) in [5.74, 6) is -2.79. The molecule has 0 radical (unpaired) electrons. The molecule has 0 aliphatic carbocycles. The molecule has 4 atom stereocenters. The Kier molecular flexibility index (Phi) is 19.8. The number of halogens is 12. The van der Waals surface area contributed by atoms with Gasteiger partial charge in [-0.15, -0.1) is 0 Å². The number of aliphatic hydroxyl groups is 4. The van der Waals surface area contributed by atoms with Gasteiger partial charge in [-0.1, -0.05) is 31.2 Å². The van der Waals surface area contributed by atoms with Crippen molar-refractivity contribution in [1.29, 1.82) is 0 Å². The summed E-state index contributed by atoms with van der Waals surface area (Å²) >= 11 is 0. The maximum absolute atomic E-state index is 14.4. The number of carbonyl (C=O) groups is 3. The van der Waals surface area contributed by atoms with Gasteiger partial charge in [0.2, 0.25) is 0 Å². The quantitative estimate of drug-likeness (QED) is 0.0531. The summed E-state index contributed by atoms with van der Waals surface area (Å²) in [6.45, 7) is 12.1. The Morgan fingerprint density at radius 2 is 0.766 bits per heavy atom. The van der Waals surface area contributed by atoms with Crippen molar-refractivity contribution in [2.24, 2.45) is 7.05 Å². The van der Waals surface area contributed by atoms with Crippen molar-refractivity contribution >= 4 is 45.2 Å². The molecular weight excluding hydrogens is 1270 g/mol. The molecule has 0 amide bonds. The second-order valence-electron chi connectivity index (χ2n) is 23.3. The molecule has 0 saturated carbocycles. The first-order valence-electron chi connectivity index (χ1n) is 27.8. The van der Waals surface area contributed by atoms with Crippen LogP contribution in [-0.2, 0) is 45.5 Å². The van der Waals surface area contributed by atoms with Crippen LogP contribution in [0.3, 0.4) is 0 Å². The number of rotatable bonds is 13. The third-order valence-corrected chi connectivity index (χ3v) is 16.7. The summed E-state index contributed by atoms with van der Waals surface area (Å²) in [5.41, 5.74) is -20.9. The molecule has 6 aromatic carbocycles. The lowest BCUT2D eigenvalue weighted by molar-refractivity contribution is -0.259. The van der Waals surface area contributed by atoms with Crippen molar-refractivity contribution in [2.75, 3.05) is 0 Å². The van der Waals surface area contributed by atoms with E-state index in [4.69, 9.17) is 9.59 Å². The van der Waals surface area contributed by atoms with Gasteiger partial charge in [0.1, 0.15) is 0 Å². The molecule has 0 aliphatic rings. The second kappa shape index (κ2) is 25.3. The number of hydrogen-bond acceptors (Lipinski definition) is 13. The molecular formula is C66H58F12N2O14. The number of alkyl halides is 12. The molecule has 0 spiro atoms. The number of carbonyl (C=O) groups excluding carboxylic acids is 4. The third kappa shape index (κ3) is 13.1. The van der Waals surface area contributed by atoms with E-state index in [1.807, 2.05) is 0 Å². The summed E-state index contributed by atoms with van der Waals surface area (Å²) < 4.78 is 169. The van der Waals surface area contributed by atoms with Gasteiger partial charge in [0, 0.05) is 36.6 Å². The number of hydrogen-bond donors (Lipinski definition) is 5. The van der Waals surface area contributed by atoms with Gasteiger partial charge in [-0.05, 0) is 202 Å². The van der Waals surface area contributed by atoms with Crippen LogP contribution < -0.4 is 22.2 Å². The van der Waals surface area contributed by atoms with E-state index in [-0.39, 0.29) is 95.3 Å². The Bertz CT molecular complexity index is 4600. The molecule has 94 heavy (non-hydrogen) atoms. The average molecular weight is 1330 g/mol. The van der Waals surface area contributed by atoms with Gasteiger partial charge in [0.15, 0.2) is 34.0 Å². The number of aromatic carboxylic acids is 1. The van der Waals surface area contributed by atoms with Gasteiger partial charge < -0.3 is 25.5 Å². The van der Waals surface area contributed by atoms with Gasteiger partial charge in [0.05, 0.1) is 32.8 Å². The highest BCUT2D eigenvalue weighted by Gasteiger charge is 2.56. The van der Waals surface area contributed by atoms with E-state index in [9.17, 15) is 112 Å². The Morgan fingerprint density at radius 1 is 0.436 bits per heavy atom. The highest BCUT2D eigenvalue weighted by atomic mass is 19.4. The van der Waals surface area contributed by atoms with E-state index >= 15 is 0 Å². The van der Waals surface area contributed by atoms with E-state index in [0.29, 0.717) is 43.4 Å². The minimum Gasteiger partial charge on any atom is -0.478 e. The Hall–Kier alpha value is -9.21. The van der Waals surface area contributed by atoms with Crippen LogP contribution in [0.5, 0.6) is 0 Å². The number of fused-ring (bicyclic) bond motifs is 2. The molecule has 2 aromatic heterocycles. The van der Waals surface area contributed by atoms with Crippen LogP contribution in [0.4, 0.5) is 52.7 Å². The van der Waals surface area contributed by atoms with Crippen molar-refractivity contribution in [3.63, 3.8) is 0 Å². The van der Waals surface area contributed by atoms with Crippen LogP contribution in [0, 0.1) is 41.5 Å². The average Bonchev–Trinajstić information content (AvgIpc) is 1.43. The largest absolute Gasteiger partial charge is 0.478 e. The van der Waals surface area contributed by atoms with E-state index in [0.717, 1.165) is 59.2 Å². The molecule has 28 heteroatoms. The number of benzene rings is 6. The van der Waals surface area contributed by atoms with E-state index in [1.54, 1.807) is 0 Å². The molecule has 0 saturated heterocycles. The van der Waals surface area contributed by atoms with Crippen molar-refractivity contribution in [3.8, 4) is 27.9 Å². The van der Waals surface area contributed by atoms with Crippen LogP contribution in [0.1, 0.15) is 133 Å². The SMILES string of the molecule is CCC(=O)c1ccc(C(=O)Cc2cc(C)c(-c3cc(C(C)(O)C(F)(F)F)c(C)cc3C)cc2C(C)(O)C(F)(F)F)cc1C(=O)O.Cc1cc(C)c(C(C)(O)C(F)(F)F)cc1-c1cc(C(C)(O)C(F)(F)F)c(-n2c(=O)c3cc4c(=O)n(C)c(=O)c4cc3c2=O)cc1C.O=C=O. The fourth-order valence-corrected chi connectivity index (χ4v) is 11.1. The summed E-state index contributed by atoms with van der Waals surface area (Å²) in [7, 11) is 1.20. The Balaban J connectivity index is 0.000000286. The van der Waals surface area contributed by atoms with Gasteiger partial charge in [-0.2, -0.15) is 62.3 Å². The molecule has 4 unspecified atom stereocenters. The predicted octanol–water partition coefficient (Wildman–Crippen LogP) is 11.5. The lowest BCUT2D eigenvalue weighted by Gasteiger charge is -2.31. The highest BCUT2D eigenvalue weighted by Crippen LogP contribution is 2.48. The fourth-order valence-electron chi connectivity index (χ4n) is 11.1. The molecule has 0 bridgehead atoms. The van der Waals surface area contributed by atoms with Crippen LogP contribution in [0.15, 0.2) is 98.0 Å². The van der Waals surface area contributed by atoms with Gasteiger partial charge in [-0.25, -0.2) is 9.36 Å². The van der Waals surface area contributed by atoms with Gasteiger partial charge in [0.25, 0.3) is 22.2 Å². The maximum atomic E-state index is 14.4. The summed E-state index contributed by atoms with van der Waals surface area (Å²) in [6.07, 6.45) is -21.3. The summed E-state index contributed by atoms with van der Waals surface area (Å²) in [6, 6.07) is 14.1. The molecule has 8 rings (SSSR count). The number of aromatic nitrogens is 2. The zero-order valence-electron chi connectivity index (χ0n) is 51.8. The summed E-state index contributed by atoms with van der Waals surface area (Å²) in [4.78, 5) is 106. The number of aryl methyl sites for hydroxylation is 6. The topological polar surface area (TPSA) is 265 Å². The van der Waals surface area contributed by atoms with Crippen molar-refractivity contribution in [3.05, 3.63) is 198 Å². The predicted molar refractivity (Wildman–Crippen MR) is 317 cm³/mol. The third-order valence-electron chi connectivity index (χ3n) is 16.7. The molecule has 5 N–H and O–H groups in total. The lowest BCUT2D eigenvalue weighted by Crippen LogP contribution is -2.41. The van der Waals surface area contributed by atoms with Crippen molar-refractivity contribution in [2.45, 2.75) is 136 Å². The van der Waals surface area contributed by atoms with Crippen LogP contribution >= 0.6 is 0 Å². The number of nitrogens with zero attached hydrogens (tertiary/aromatic N) is 2. The standard InChI is InChI=1S/C33H32F6O6.C32H26F6N2O6.CO2/c1-7-27(40)21-9-8-19(12-24(21)29(42)43)28(41)13-20-11-17(3)23(15-26(20)31(6,45)33(37,38)39)22-14-25(18(4)10-16(22)2)30(5,44)32(34,35)36;1-13-7-15(3)22(29(4,45)31(33,34)35)11-16(13)17-12-23(30(5,46)32(36,37)38)24(8-14(17)2)40-27(43)20-9-18-19(10-21(20)28(40)44)26(42)39(6)25(18)41;2-1-3/h8-12,14-15,44-45H,7,13H2,1-6H3,(H,42,43);7-12,45-46H,1-6H3;. The molecule has 0 fully saturated rings. The zero-order chi connectivity index (χ0) is 71.8. The van der Waals surface area contributed by atoms with Gasteiger partial charge in [-0.3, -0.25) is 33.3 Å². The van der Waals surface area contributed by atoms with Gasteiger partial charge >= 0.3 is 36.8 Å². The first-order chi connectivity index (χ1) is 42.8. The molecule has 2 heterocycles. The number of carboxylic acids is 1. The van der Waals surface area contributed by atoms with E-state index in [2.05, 4.69) is 0 Å². The van der Waals surface area contributed by atoms with Crippen molar-refractivity contribution < 1.29 is 102 Å². The zero-order valence-corrected chi connectivity index (χ0v) is 51.8. The maximum Gasteiger partial charge on any atom is 0.421 e. The normalized spacial score (nSPS) is 14.8. The van der Waals surface area contributed by atoms with Crippen LogP contribution in [-0.4, -0.2) is 83.1 Å². The first kappa shape index (κ1) is 73.8. The minimum atomic E-state index is -5.37. The van der Waals surface area contributed by atoms with Crippen molar-refractivity contribution in [1.82, 2.24) is 9.13 Å².